The minimum atomic E-state index is -0.887. The van der Waals surface area contributed by atoms with E-state index in [-0.39, 0.29) is 12.3 Å². The molecule has 21 heavy (non-hydrogen) atoms. The second kappa shape index (κ2) is 6.40. The van der Waals surface area contributed by atoms with E-state index in [9.17, 15) is 9.59 Å². The molecule has 1 saturated carbocycles. The van der Waals surface area contributed by atoms with Crippen molar-refractivity contribution in [1.82, 2.24) is 5.32 Å². The summed E-state index contributed by atoms with van der Waals surface area (Å²) in [5.74, 6) is -1.14. The van der Waals surface area contributed by atoms with Crippen molar-refractivity contribution in [2.45, 2.75) is 44.1 Å². The molecule has 1 amide bonds. The first kappa shape index (κ1) is 15.0. The predicted octanol–water partition coefficient (Wildman–Crippen LogP) is 2.27. The minimum Gasteiger partial charge on any atom is -0.481 e. The molecular weight excluding hydrogens is 268 g/mol. The van der Waals surface area contributed by atoms with Gasteiger partial charge in [0, 0.05) is 5.56 Å². The van der Waals surface area contributed by atoms with Gasteiger partial charge in [0.05, 0.1) is 24.4 Å². The highest BCUT2D eigenvalue weighted by atomic mass is 16.4. The molecule has 1 aliphatic rings. The third-order valence-corrected chi connectivity index (χ3v) is 3.93. The van der Waals surface area contributed by atoms with Crippen LogP contribution in [0.2, 0.25) is 0 Å². The molecule has 0 unspecified atom stereocenters. The fraction of sp³-hybridized carbons (Fsp3) is 0.438. The average Bonchev–Trinajstić information content (AvgIpc) is 2.87. The maximum atomic E-state index is 12.3. The fourth-order valence-electron chi connectivity index (χ4n) is 2.87. The van der Waals surface area contributed by atoms with Gasteiger partial charge in [0.2, 0.25) is 0 Å². The summed E-state index contributed by atoms with van der Waals surface area (Å²) in [7, 11) is 0. The summed E-state index contributed by atoms with van der Waals surface area (Å²) in [6, 6.07) is 8.89. The van der Waals surface area contributed by atoms with Gasteiger partial charge in [0.15, 0.2) is 0 Å². The number of rotatable bonds is 5. The maximum Gasteiger partial charge on any atom is 0.305 e. The highest BCUT2D eigenvalue weighted by molar-refractivity contribution is 5.95. The zero-order valence-corrected chi connectivity index (χ0v) is 11.8. The monoisotopic (exact) mass is 286 g/mol. The molecule has 5 nitrogen and oxygen atoms in total. The zero-order chi connectivity index (χ0) is 15.3. The fourth-order valence-corrected chi connectivity index (χ4v) is 2.87. The van der Waals surface area contributed by atoms with Gasteiger partial charge < -0.3 is 10.4 Å². The van der Waals surface area contributed by atoms with Gasteiger partial charge in [-0.15, -0.1) is 0 Å². The lowest BCUT2D eigenvalue weighted by Crippen LogP contribution is -2.47. The van der Waals surface area contributed by atoms with Gasteiger partial charge in [-0.05, 0) is 30.5 Å². The molecule has 1 fully saturated rings. The highest BCUT2D eigenvalue weighted by Gasteiger charge is 2.37. The third-order valence-electron chi connectivity index (χ3n) is 3.93. The number of carbonyl (C=O) groups excluding carboxylic acids is 1. The molecule has 2 rings (SSSR count). The van der Waals surface area contributed by atoms with Crippen LogP contribution in [-0.2, 0) is 11.2 Å². The van der Waals surface area contributed by atoms with E-state index in [1.54, 1.807) is 24.3 Å². The van der Waals surface area contributed by atoms with E-state index < -0.39 is 11.5 Å². The Kier molecular flexibility index (Phi) is 4.59. The Hall–Kier alpha value is -2.35. The van der Waals surface area contributed by atoms with Crippen LogP contribution in [0.3, 0.4) is 0 Å². The van der Waals surface area contributed by atoms with E-state index in [1.165, 1.54) is 0 Å². The zero-order valence-electron chi connectivity index (χ0n) is 11.8. The lowest BCUT2D eigenvalue weighted by Gasteiger charge is -2.28. The van der Waals surface area contributed by atoms with Crippen molar-refractivity contribution in [2.24, 2.45) is 0 Å². The molecule has 0 heterocycles. The second-order valence-electron chi connectivity index (χ2n) is 5.54. The Morgan fingerprint density at radius 2 is 1.86 bits per heavy atom. The van der Waals surface area contributed by atoms with Crippen molar-refractivity contribution < 1.29 is 14.7 Å². The van der Waals surface area contributed by atoms with Gasteiger partial charge in [-0.3, -0.25) is 9.59 Å². The molecule has 0 atom stereocenters. The van der Waals surface area contributed by atoms with Crippen molar-refractivity contribution in [3.8, 4) is 6.07 Å². The first-order chi connectivity index (χ1) is 10.0. The quantitative estimate of drug-likeness (QED) is 0.868. The summed E-state index contributed by atoms with van der Waals surface area (Å²) in [5.41, 5.74) is 0.734. The summed E-state index contributed by atoms with van der Waals surface area (Å²) in [6.45, 7) is 0. The third kappa shape index (κ3) is 3.82. The average molecular weight is 286 g/mol. The first-order valence-corrected chi connectivity index (χ1v) is 7.05. The number of benzene rings is 1. The van der Waals surface area contributed by atoms with E-state index in [1.807, 2.05) is 0 Å². The number of nitrogens with zero attached hydrogens (tertiary/aromatic N) is 1. The van der Waals surface area contributed by atoms with Gasteiger partial charge in [-0.2, -0.15) is 5.26 Å². The van der Waals surface area contributed by atoms with Crippen molar-refractivity contribution >= 4 is 11.9 Å². The summed E-state index contributed by atoms with van der Waals surface area (Å²) < 4.78 is 0. The molecule has 0 saturated heterocycles. The Balaban J connectivity index is 2.08. The SMILES string of the molecule is N#CCc1ccc(C(=O)NC2(CC(=O)O)CCCC2)cc1. The van der Waals surface area contributed by atoms with Crippen molar-refractivity contribution in [1.29, 1.82) is 5.26 Å². The van der Waals surface area contributed by atoms with Crippen molar-refractivity contribution in [3.63, 3.8) is 0 Å². The molecule has 1 aromatic rings. The van der Waals surface area contributed by atoms with Crippen LogP contribution in [0, 0.1) is 11.3 Å². The van der Waals surface area contributed by atoms with Crippen LogP contribution in [0.5, 0.6) is 0 Å². The van der Waals surface area contributed by atoms with E-state index in [0.717, 1.165) is 18.4 Å². The second-order valence-corrected chi connectivity index (χ2v) is 5.54. The normalized spacial score (nSPS) is 16.1. The lowest BCUT2D eigenvalue weighted by atomic mass is 9.92. The number of hydrogen-bond donors (Lipinski definition) is 2. The van der Waals surface area contributed by atoms with Crippen molar-refractivity contribution in [3.05, 3.63) is 35.4 Å². The number of nitrogens with one attached hydrogen (secondary N) is 1. The van der Waals surface area contributed by atoms with Crippen LogP contribution in [-0.4, -0.2) is 22.5 Å². The Morgan fingerprint density at radius 3 is 2.38 bits per heavy atom. The Labute approximate surface area is 123 Å². The number of hydrogen-bond acceptors (Lipinski definition) is 3. The number of carbonyl (C=O) groups is 2. The molecule has 1 aliphatic carbocycles. The summed E-state index contributed by atoms with van der Waals surface area (Å²) >= 11 is 0. The molecule has 2 N–H and O–H groups in total. The molecule has 0 bridgehead atoms. The van der Waals surface area contributed by atoms with Crippen molar-refractivity contribution in [2.75, 3.05) is 0 Å². The van der Waals surface area contributed by atoms with E-state index in [2.05, 4.69) is 11.4 Å². The molecule has 5 heteroatoms. The van der Waals surface area contributed by atoms with Gasteiger partial charge in [-0.1, -0.05) is 25.0 Å². The molecule has 0 aliphatic heterocycles. The van der Waals surface area contributed by atoms with Gasteiger partial charge in [0.1, 0.15) is 0 Å². The van der Waals surface area contributed by atoms with Gasteiger partial charge >= 0.3 is 5.97 Å². The van der Waals surface area contributed by atoms with Gasteiger partial charge in [-0.25, -0.2) is 0 Å². The number of amides is 1. The smallest absolute Gasteiger partial charge is 0.305 e. The Morgan fingerprint density at radius 1 is 1.24 bits per heavy atom. The summed E-state index contributed by atoms with van der Waals surface area (Å²) in [5, 5.41) is 20.6. The molecular formula is C16H18N2O3. The van der Waals surface area contributed by atoms with Crippen LogP contribution in [0.1, 0.15) is 48.0 Å². The van der Waals surface area contributed by atoms with E-state index >= 15 is 0 Å². The van der Waals surface area contributed by atoms with Gasteiger partial charge in [0.25, 0.3) is 5.91 Å². The molecule has 1 aromatic carbocycles. The van der Waals surface area contributed by atoms with E-state index in [0.29, 0.717) is 24.8 Å². The lowest BCUT2D eigenvalue weighted by molar-refractivity contribution is -0.138. The molecule has 0 radical (unpaired) electrons. The summed E-state index contributed by atoms with van der Waals surface area (Å²) in [4.78, 5) is 23.3. The van der Waals surface area contributed by atoms with E-state index in [4.69, 9.17) is 10.4 Å². The van der Waals surface area contributed by atoms with Crippen LogP contribution in [0.4, 0.5) is 0 Å². The molecule has 110 valence electrons. The van der Waals surface area contributed by atoms with Crippen LogP contribution < -0.4 is 5.32 Å². The largest absolute Gasteiger partial charge is 0.481 e. The number of aliphatic carboxylic acids is 1. The highest BCUT2D eigenvalue weighted by Crippen LogP contribution is 2.33. The maximum absolute atomic E-state index is 12.3. The predicted molar refractivity (Wildman–Crippen MR) is 76.7 cm³/mol. The van der Waals surface area contributed by atoms with Crippen LogP contribution in [0.15, 0.2) is 24.3 Å². The number of carboxylic acids is 1. The summed E-state index contributed by atoms with van der Waals surface area (Å²) in [6.07, 6.45) is 3.56. The number of nitriles is 1. The molecule has 0 aromatic heterocycles. The topological polar surface area (TPSA) is 90.2 Å². The Bertz CT molecular complexity index is 566. The van der Waals surface area contributed by atoms with Crippen LogP contribution >= 0.6 is 0 Å². The minimum absolute atomic E-state index is 0.0365. The standard InChI is InChI=1S/C16H18N2O3/c17-10-7-12-3-5-13(6-4-12)15(21)18-16(11-14(19)20)8-1-2-9-16/h3-6H,1-2,7-9,11H2,(H,18,21)(H,19,20). The first-order valence-electron chi connectivity index (χ1n) is 7.05. The van der Waals surface area contributed by atoms with Crippen LogP contribution in [0.25, 0.3) is 0 Å². The molecule has 0 spiro atoms. The number of carboxylic acid groups (broad SMARTS) is 1.